The fourth-order valence-corrected chi connectivity index (χ4v) is 1.60. The van der Waals surface area contributed by atoms with E-state index < -0.39 is 0 Å². The molecule has 70 valence electrons. The minimum absolute atomic E-state index is 0.229. The van der Waals surface area contributed by atoms with Crippen LogP contribution < -0.4 is 4.90 Å². The fraction of sp³-hybridized carbons (Fsp3) is 0.500. The second kappa shape index (κ2) is 3.59. The van der Waals surface area contributed by atoms with Crippen LogP contribution in [0.1, 0.15) is 6.42 Å². The lowest BCUT2D eigenvalue weighted by Gasteiger charge is -2.14. The summed E-state index contributed by atoms with van der Waals surface area (Å²) in [6.45, 7) is 1.48. The van der Waals surface area contributed by atoms with Crippen LogP contribution in [-0.4, -0.2) is 34.3 Å². The van der Waals surface area contributed by atoms with Crippen LogP contribution in [0.3, 0.4) is 0 Å². The first-order valence-corrected chi connectivity index (χ1v) is 4.95. The third-order valence-electron chi connectivity index (χ3n) is 2.05. The van der Waals surface area contributed by atoms with Gasteiger partial charge in [0, 0.05) is 25.5 Å². The van der Waals surface area contributed by atoms with Gasteiger partial charge in [-0.3, -0.25) is 0 Å². The quantitative estimate of drug-likeness (QED) is 0.794. The Morgan fingerprint density at radius 2 is 2.15 bits per heavy atom. The largest absolute Gasteiger partial charge is 0.391 e. The predicted molar refractivity (Wildman–Crippen MR) is 52.6 cm³/mol. The number of β-amino-alcohol motifs (C(OH)–C–C–N with tert-alkyl or cyclic N) is 1. The van der Waals surface area contributed by atoms with Gasteiger partial charge in [0.25, 0.3) is 0 Å². The monoisotopic (exact) mass is 243 g/mol. The lowest BCUT2D eigenvalue weighted by Crippen LogP contribution is -2.23. The molecule has 1 aliphatic heterocycles. The molecule has 0 aliphatic carbocycles. The first-order chi connectivity index (χ1) is 6.25. The van der Waals surface area contributed by atoms with E-state index in [1.54, 1.807) is 12.4 Å². The molecule has 0 amide bonds. The number of nitrogens with zero attached hydrogens (tertiary/aromatic N) is 3. The van der Waals surface area contributed by atoms with Gasteiger partial charge in [0.1, 0.15) is 0 Å². The van der Waals surface area contributed by atoms with Gasteiger partial charge >= 0.3 is 0 Å². The zero-order chi connectivity index (χ0) is 9.26. The van der Waals surface area contributed by atoms with Gasteiger partial charge in [-0.15, -0.1) is 0 Å². The van der Waals surface area contributed by atoms with Crippen molar-refractivity contribution in [2.75, 3.05) is 18.0 Å². The summed E-state index contributed by atoms with van der Waals surface area (Å²) in [6, 6.07) is 0. The molecule has 2 heterocycles. The summed E-state index contributed by atoms with van der Waals surface area (Å²) in [6.07, 6.45) is 4.01. The highest BCUT2D eigenvalue weighted by atomic mass is 79.9. The van der Waals surface area contributed by atoms with E-state index in [0.29, 0.717) is 12.5 Å². The standard InChI is InChI=1S/C8H10BrN3O/c9-6-3-10-8(11-4-6)12-2-1-7(13)5-12/h3-4,7,13H,1-2,5H2/t7-/m1/s1. The van der Waals surface area contributed by atoms with Crippen molar-refractivity contribution in [3.05, 3.63) is 16.9 Å². The first-order valence-electron chi connectivity index (χ1n) is 4.16. The highest BCUT2D eigenvalue weighted by Gasteiger charge is 2.21. The second-order valence-corrected chi connectivity index (χ2v) is 4.01. The van der Waals surface area contributed by atoms with Gasteiger partial charge in [0.15, 0.2) is 0 Å². The van der Waals surface area contributed by atoms with E-state index in [1.165, 1.54) is 0 Å². The first kappa shape index (κ1) is 8.90. The molecule has 1 aromatic heterocycles. The molecule has 1 aliphatic rings. The number of rotatable bonds is 1. The molecular weight excluding hydrogens is 234 g/mol. The van der Waals surface area contributed by atoms with Gasteiger partial charge in [-0.2, -0.15) is 0 Å². The maximum atomic E-state index is 9.31. The van der Waals surface area contributed by atoms with E-state index >= 15 is 0 Å². The highest BCUT2D eigenvalue weighted by Crippen LogP contribution is 2.16. The maximum Gasteiger partial charge on any atom is 0.225 e. The molecule has 2 rings (SSSR count). The molecule has 4 nitrogen and oxygen atoms in total. The molecule has 0 radical (unpaired) electrons. The Balaban J connectivity index is 2.13. The molecule has 0 spiro atoms. The lowest BCUT2D eigenvalue weighted by molar-refractivity contribution is 0.198. The van der Waals surface area contributed by atoms with Crippen LogP contribution in [0.2, 0.25) is 0 Å². The van der Waals surface area contributed by atoms with Gasteiger partial charge < -0.3 is 10.0 Å². The number of halogens is 1. The van der Waals surface area contributed by atoms with Crippen molar-refractivity contribution in [2.24, 2.45) is 0 Å². The van der Waals surface area contributed by atoms with E-state index in [4.69, 9.17) is 0 Å². The summed E-state index contributed by atoms with van der Waals surface area (Å²) >= 11 is 3.27. The van der Waals surface area contributed by atoms with Crippen molar-refractivity contribution < 1.29 is 5.11 Å². The highest BCUT2D eigenvalue weighted by molar-refractivity contribution is 9.10. The summed E-state index contributed by atoms with van der Waals surface area (Å²) in [5.74, 6) is 0.694. The Bertz CT molecular complexity index is 290. The van der Waals surface area contributed by atoms with Crippen molar-refractivity contribution in [3.8, 4) is 0 Å². The summed E-state index contributed by atoms with van der Waals surface area (Å²) in [4.78, 5) is 10.3. The number of aliphatic hydroxyl groups excluding tert-OH is 1. The summed E-state index contributed by atoms with van der Waals surface area (Å²) in [5.41, 5.74) is 0. The van der Waals surface area contributed by atoms with Crippen LogP contribution in [-0.2, 0) is 0 Å². The smallest absolute Gasteiger partial charge is 0.225 e. The van der Waals surface area contributed by atoms with Crippen molar-refractivity contribution in [1.82, 2.24) is 9.97 Å². The fourth-order valence-electron chi connectivity index (χ4n) is 1.39. The van der Waals surface area contributed by atoms with Gasteiger partial charge in [0.2, 0.25) is 5.95 Å². The molecule has 0 bridgehead atoms. The van der Waals surface area contributed by atoms with Crippen molar-refractivity contribution in [2.45, 2.75) is 12.5 Å². The van der Waals surface area contributed by atoms with Gasteiger partial charge in [-0.1, -0.05) is 0 Å². The average molecular weight is 244 g/mol. The van der Waals surface area contributed by atoms with Gasteiger partial charge in [0.05, 0.1) is 10.6 Å². The summed E-state index contributed by atoms with van der Waals surface area (Å²) < 4.78 is 0.871. The third kappa shape index (κ3) is 1.97. The van der Waals surface area contributed by atoms with Crippen molar-refractivity contribution in [1.29, 1.82) is 0 Å². The van der Waals surface area contributed by atoms with E-state index in [2.05, 4.69) is 25.9 Å². The zero-order valence-corrected chi connectivity index (χ0v) is 8.61. The Morgan fingerprint density at radius 3 is 2.69 bits per heavy atom. The molecular formula is C8H10BrN3O. The van der Waals surface area contributed by atoms with Crippen LogP contribution >= 0.6 is 15.9 Å². The van der Waals surface area contributed by atoms with E-state index in [0.717, 1.165) is 17.4 Å². The number of aliphatic hydroxyl groups is 1. The number of aromatic nitrogens is 2. The molecule has 5 heteroatoms. The lowest BCUT2D eigenvalue weighted by atomic mass is 10.3. The zero-order valence-electron chi connectivity index (χ0n) is 7.02. The number of hydrogen-bond acceptors (Lipinski definition) is 4. The minimum Gasteiger partial charge on any atom is -0.391 e. The van der Waals surface area contributed by atoms with Crippen molar-refractivity contribution in [3.63, 3.8) is 0 Å². The molecule has 13 heavy (non-hydrogen) atoms. The van der Waals surface area contributed by atoms with Crippen LogP contribution in [0, 0.1) is 0 Å². The number of hydrogen-bond donors (Lipinski definition) is 1. The number of anilines is 1. The average Bonchev–Trinajstić information content (AvgIpc) is 2.53. The van der Waals surface area contributed by atoms with Crippen molar-refractivity contribution >= 4 is 21.9 Å². The predicted octanol–water partition coefficient (Wildman–Crippen LogP) is 0.810. The molecule has 1 aromatic rings. The van der Waals surface area contributed by atoms with E-state index in [-0.39, 0.29) is 6.10 Å². The molecule has 1 saturated heterocycles. The Hall–Kier alpha value is -0.680. The van der Waals surface area contributed by atoms with Gasteiger partial charge in [-0.05, 0) is 22.4 Å². The minimum atomic E-state index is -0.229. The van der Waals surface area contributed by atoms with Gasteiger partial charge in [-0.25, -0.2) is 9.97 Å². The second-order valence-electron chi connectivity index (χ2n) is 3.09. The van der Waals surface area contributed by atoms with Crippen LogP contribution in [0.5, 0.6) is 0 Å². The molecule has 0 aromatic carbocycles. The maximum absolute atomic E-state index is 9.31. The normalized spacial score (nSPS) is 22.3. The van der Waals surface area contributed by atoms with Crippen LogP contribution in [0.4, 0.5) is 5.95 Å². The van der Waals surface area contributed by atoms with E-state index in [9.17, 15) is 5.11 Å². The topological polar surface area (TPSA) is 49.2 Å². The molecule has 1 N–H and O–H groups in total. The van der Waals surface area contributed by atoms with Crippen LogP contribution in [0.15, 0.2) is 16.9 Å². The summed E-state index contributed by atoms with van der Waals surface area (Å²) in [5, 5.41) is 9.31. The Kier molecular flexibility index (Phi) is 2.46. The molecule has 1 fully saturated rings. The SMILES string of the molecule is O[C@@H]1CCN(c2ncc(Br)cn2)C1. The van der Waals surface area contributed by atoms with Crippen LogP contribution in [0.25, 0.3) is 0 Å². The third-order valence-corrected chi connectivity index (χ3v) is 2.46. The molecule has 1 atom stereocenters. The van der Waals surface area contributed by atoms with E-state index in [1.807, 2.05) is 4.90 Å². The Morgan fingerprint density at radius 1 is 1.46 bits per heavy atom. The Labute approximate surface area is 84.7 Å². The summed E-state index contributed by atoms with van der Waals surface area (Å²) in [7, 11) is 0. The molecule has 0 saturated carbocycles. The molecule has 0 unspecified atom stereocenters.